The molecule has 3 aliphatic carbocycles. The predicted octanol–water partition coefficient (Wildman–Crippen LogP) is 6.86. The topological polar surface area (TPSA) is 57.5 Å². The minimum absolute atomic E-state index is 0. The summed E-state index contributed by atoms with van der Waals surface area (Å²) in [7, 11) is 0. The number of carbonyl (C=O) groups excluding carboxylic acids is 1. The number of thioether (sulfide) groups is 1. The van der Waals surface area contributed by atoms with Gasteiger partial charge in [-0.3, -0.25) is 4.79 Å². The Morgan fingerprint density at radius 1 is 0.944 bits per heavy atom. The molecule has 3 aliphatic rings. The number of fused-ring (bicyclic) bond motifs is 5. The summed E-state index contributed by atoms with van der Waals surface area (Å²) in [4.78, 5) is 12.2. The molecule has 0 saturated heterocycles. The van der Waals surface area contributed by atoms with Crippen LogP contribution in [0.15, 0.2) is 71.6 Å². The maximum atomic E-state index is 11.0. The van der Waals surface area contributed by atoms with E-state index in [9.17, 15) is 15.0 Å². The zero-order valence-electron chi connectivity index (χ0n) is 20.6. The Morgan fingerprint density at radius 3 is 2.33 bits per heavy atom. The van der Waals surface area contributed by atoms with Gasteiger partial charge in [0.25, 0.3) is 0 Å². The third-order valence-electron chi connectivity index (χ3n) is 9.18. The Kier molecular flexibility index (Phi) is 7.77. The Balaban J connectivity index is 0.00000267. The van der Waals surface area contributed by atoms with Gasteiger partial charge in [0.2, 0.25) is 0 Å². The first kappa shape index (κ1) is 26.5. The number of benzene rings is 3. The van der Waals surface area contributed by atoms with E-state index in [0.29, 0.717) is 34.3 Å². The summed E-state index contributed by atoms with van der Waals surface area (Å²) in [5.41, 5.74) is 5.67. The molecule has 0 heterocycles. The maximum absolute atomic E-state index is 11.0. The normalized spacial score (nSPS) is 30.4. The Labute approximate surface area is 253 Å². The summed E-state index contributed by atoms with van der Waals surface area (Å²) in [5.74, 6) is 1.92. The summed E-state index contributed by atoms with van der Waals surface area (Å²) >= 11 is 1.97. The second-order valence-corrected chi connectivity index (χ2v) is 12.2. The number of rotatable bonds is 4. The van der Waals surface area contributed by atoms with Gasteiger partial charge in [0.05, 0.1) is 6.10 Å². The summed E-state index contributed by atoms with van der Waals surface area (Å²) in [6.45, 7) is 2.32. The van der Waals surface area contributed by atoms with Crippen LogP contribution in [0, 0.1) is 61.3 Å². The van der Waals surface area contributed by atoms with Crippen LogP contribution in [-0.2, 0) is 6.42 Å². The molecule has 5 heteroatoms. The molecule has 2 N–H and O–H groups in total. The average Bonchev–Trinajstić information content (AvgIpc) is 3.18. The van der Waals surface area contributed by atoms with Crippen molar-refractivity contribution in [3.8, 4) is 16.9 Å². The zero-order valence-corrected chi connectivity index (χ0v) is 26.2. The largest absolute Gasteiger partial charge is 0.508 e. The Morgan fingerprint density at radius 2 is 1.64 bits per heavy atom. The standard InChI is InChI=1S/C31H32O3S.Ac/c1-31-15-14-26-25-11-8-23(33)16-22(25)17-28(30(26)27(31)12-13-29(31)34)35-24-9-6-21(7-10-24)20-4-2-19(18-32)3-5-20;/h2-11,16,18,26-30,33-34H,12-15,17H2,1H3;. The van der Waals surface area contributed by atoms with Gasteiger partial charge in [-0.2, -0.15) is 0 Å². The SMILES string of the molecule is CC12CCC3c4ccc(O)cc4CC(Sc4ccc(-c5ccc(C=O)cc5)cc4)C3C1CCC2O.[Ac]. The first-order valence-corrected chi connectivity index (χ1v) is 13.7. The van der Waals surface area contributed by atoms with E-state index >= 15 is 0 Å². The summed E-state index contributed by atoms with van der Waals surface area (Å²) in [6.07, 6.45) is 5.85. The second kappa shape index (κ2) is 10.6. The molecule has 2 saturated carbocycles. The van der Waals surface area contributed by atoms with Crippen molar-refractivity contribution >= 4 is 18.0 Å². The van der Waals surface area contributed by atoms with E-state index in [0.717, 1.165) is 49.5 Å². The van der Waals surface area contributed by atoms with Crippen molar-refractivity contribution in [3.63, 3.8) is 0 Å². The monoisotopic (exact) mass is 711 g/mol. The zero-order chi connectivity index (χ0) is 24.2. The molecule has 183 valence electrons. The van der Waals surface area contributed by atoms with Gasteiger partial charge in [-0.25, -0.2) is 0 Å². The fourth-order valence-electron chi connectivity index (χ4n) is 7.31. The fraction of sp³-hybridized carbons (Fsp3) is 0.387. The molecule has 36 heavy (non-hydrogen) atoms. The third kappa shape index (κ3) is 4.64. The molecule has 6 rings (SSSR count). The van der Waals surface area contributed by atoms with Gasteiger partial charge < -0.3 is 10.2 Å². The van der Waals surface area contributed by atoms with Crippen molar-refractivity contribution in [1.29, 1.82) is 0 Å². The van der Waals surface area contributed by atoms with Crippen molar-refractivity contribution in [2.75, 3.05) is 0 Å². The molecule has 1 radical (unpaired) electrons. The van der Waals surface area contributed by atoms with Crippen LogP contribution in [0.25, 0.3) is 11.1 Å². The van der Waals surface area contributed by atoms with Gasteiger partial charge in [-0.1, -0.05) is 49.4 Å². The number of carbonyl (C=O) groups is 1. The van der Waals surface area contributed by atoms with Crippen molar-refractivity contribution in [3.05, 3.63) is 83.4 Å². The van der Waals surface area contributed by atoms with E-state index in [1.165, 1.54) is 16.0 Å². The molecule has 3 aromatic rings. The molecule has 0 bridgehead atoms. The Bertz CT molecular complexity index is 1240. The van der Waals surface area contributed by atoms with Crippen LogP contribution >= 0.6 is 11.8 Å². The molecular weight excluding hydrogens is 679 g/mol. The van der Waals surface area contributed by atoms with Crippen molar-refractivity contribution in [2.24, 2.45) is 17.3 Å². The van der Waals surface area contributed by atoms with Gasteiger partial charge in [0.15, 0.2) is 0 Å². The number of aldehydes is 1. The van der Waals surface area contributed by atoms with Crippen LogP contribution in [0.2, 0.25) is 0 Å². The fourth-order valence-corrected chi connectivity index (χ4v) is 8.75. The summed E-state index contributed by atoms with van der Waals surface area (Å²) in [5, 5.41) is 21.5. The number of aliphatic hydroxyl groups excluding tert-OH is 1. The van der Waals surface area contributed by atoms with Crippen molar-refractivity contribution in [2.45, 2.75) is 61.2 Å². The van der Waals surface area contributed by atoms with Crippen LogP contribution in [0.4, 0.5) is 0 Å². The van der Waals surface area contributed by atoms with E-state index in [-0.39, 0.29) is 55.6 Å². The van der Waals surface area contributed by atoms with E-state index in [2.05, 4.69) is 37.3 Å². The van der Waals surface area contributed by atoms with Gasteiger partial charge in [-0.05, 0) is 102 Å². The van der Waals surface area contributed by atoms with Gasteiger partial charge in [0, 0.05) is 59.8 Å². The van der Waals surface area contributed by atoms with Gasteiger partial charge >= 0.3 is 0 Å². The smallest absolute Gasteiger partial charge is 0.150 e. The quantitative estimate of drug-likeness (QED) is 0.291. The van der Waals surface area contributed by atoms with Gasteiger partial charge in [-0.15, -0.1) is 11.8 Å². The molecule has 3 nitrogen and oxygen atoms in total. The van der Waals surface area contributed by atoms with Crippen LogP contribution in [0.3, 0.4) is 0 Å². The molecule has 3 aromatic carbocycles. The van der Waals surface area contributed by atoms with Crippen LogP contribution < -0.4 is 0 Å². The van der Waals surface area contributed by atoms with Crippen LogP contribution in [-0.4, -0.2) is 27.9 Å². The predicted molar refractivity (Wildman–Crippen MR) is 141 cm³/mol. The van der Waals surface area contributed by atoms with Crippen LogP contribution in [0.1, 0.15) is 60.0 Å². The average molecular weight is 712 g/mol. The number of hydrogen-bond donors (Lipinski definition) is 2. The van der Waals surface area contributed by atoms with E-state index < -0.39 is 0 Å². The maximum Gasteiger partial charge on any atom is 0.150 e. The number of phenolic OH excluding ortho intramolecular Hbond substituents is 1. The molecule has 0 aliphatic heterocycles. The summed E-state index contributed by atoms with van der Waals surface area (Å²) in [6, 6.07) is 22.5. The third-order valence-corrected chi connectivity index (χ3v) is 10.5. The molecular formula is C31H32AcO3S. The van der Waals surface area contributed by atoms with Crippen molar-refractivity contribution in [1.82, 2.24) is 0 Å². The number of hydrogen-bond acceptors (Lipinski definition) is 4. The molecule has 0 amide bonds. The van der Waals surface area contributed by atoms with E-state index in [1.807, 2.05) is 48.2 Å². The number of aromatic hydroxyl groups is 1. The molecule has 0 spiro atoms. The minimum Gasteiger partial charge on any atom is -0.508 e. The van der Waals surface area contributed by atoms with E-state index in [4.69, 9.17) is 0 Å². The van der Waals surface area contributed by atoms with E-state index in [1.54, 1.807) is 0 Å². The van der Waals surface area contributed by atoms with Crippen molar-refractivity contribution < 1.29 is 59.1 Å². The Hall–Kier alpha value is -1.12. The number of phenols is 1. The first-order valence-electron chi connectivity index (χ1n) is 12.8. The first-order chi connectivity index (χ1) is 17.0. The van der Waals surface area contributed by atoms with Gasteiger partial charge in [0.1, 0.15) is 12.0 Å². The molecule has 2 fully saturated rings. The molecule has 6 unspecified atom stereocenters. The molecule has 0 aromatic heterocycles. The molecule has 6 atom stereocenters. The number of aliphatic hydroxyl groups is 1. The second-order valence-electron chi connectivity index (χ2n) is 10.9. The van der Waals surface area contributed by atoms with Crippen LogP contribution in [0.5, 0.6) is 5.75 Å². The minimum atomic E-state index is -0.190. The summed E-state index contributed by atoms with van der Waals surface area (Å²) < 4.78 is 0.